The van der Waals surface area contributed by atoms with Gasteiger partial charge < -0.3 is 10.1 Å². The Balaban J connectivity index is 0.000000320. The molecule has 3 heteroatoms. The minimum absolute atomic E-state index is 0. The van der Waals surface area contributed by atoms with Gasteiger partial charge in [0.15, 0.2) is 0 Å². The lowest BCUT2D eigenvalue weighted by atomic mass is 10.3. The molecule has 0 aliphatic carbocycles. The fourth-order valence-corrected chi connectivity index (χ4v) is 1.29. The molecule has 1 N–H and O–H groups in total. The molecule has 0 aromatic heterocycles. The lowest BCUT2D eigenvalue weighted by Gasteiger charge is -2.09. The van der Waals surface area contributed by atoms with E-state index >= 15 is 0 Å². The molecule has 8 heavy (non-hydrogen) atoms. The van der Waals surface area contributed by atoms with Crippen LogP contribution in [-0.2, 0) is 4.74 Å². The zero-order valence-corrected chi connectivity index (χ0v) is 5.41. The van der Waals surface area contributed by atoms with Gasteiger partial charge in [0.2, 0.25) is 0 Å². The van der Waals surface area contributed by atoms with E-state index in [0.29, 0.717) is 12.1 Å². The molecule has 0 radical (unpaired) electrons. The van der Waals surface area contributed by atoms with Gasteiger partial charge in [0, 0.05) is 12.6 Å². The van der Waals surface area contributed by atoms with Crippen LogP contribution in [0.25, 0.3) is 0 Å². The number of rotatable bonds is 0. The minimum atomic E-state index is 0. The standard InChI is InChI=1S/C5H9NO.ClH/c1-4-3-7-5(1)2-6-4;/h4-6H,1-3H2;1H/t4-,5?;/m1./s1. The predicted molar refractivity (Wildman–Crippen MR) is 33.4 cm³/mol. The Morgan fingerprint density at radius 2 is 2.38 bits per heavy atom. The molecule has 2 saturated heterocycles. The Hall–Kier alpha value is 0.210. The van der Waals surface area contributed by atoms with Gasteiger partial charge in [-0.15, -0.1) is 12.4 Å². The number of halogens is 1. The van der Waals surface area contributed by atoms with Crippen molar-refractivity contribution in [1.82, 2.24) is 5.32 Å². The number of hydrogen-bond donors (Lipinski definition) is 1. The summed E-state index contributed by atoms with van der Waals surface area (Å²) < 4.78 is 5.29. The molecule has 2 nitrogen and oxygen atoms in total. The van der Waals surface area contributed by atoms with Gasteiger partial charge >= 0.3 is 0 Å². The molecule has 0 aromatic rings. The van der Waals surface area contributed by atoms with E-state index in [-0.39, 0.29) is 12.4 Å². The second-order valence-electron chi connectivity index (χ2n) is 2.30. The van der Waals surface area contributed by atoms with Crippen LogP contribution in [0.4, 0.5) is 0 Å². The molecule has 2 heterocycles. The van der Waals surface area contributed by atoms with E-state index in [1.807, 2.05) is 0 Å². The van der Waals surface area contributed by atoms with E-state index in [0.717, 1.165) is 13.2 Å². The summed E-state index contributed by atoms with van der Waals surface area (Å²) in [4.78, 5) is 0. The van der Waals surface area contributed by atoms with E-state index in [9.17, 15) is 0 Å². The average molecular weight is 136 g/mol. The third-order valence-corrected chi connectivity index (χ3v) is 1.71. The van der Waals surface area contributed by atoms with Crippen LogP contribution in [0, 0.1) is 0 Å². The van der Waals surface area contributed by atoms with Crippen molar-refractivity contribution in [2.24, 2.45) is 0 Å². The average Bonchev–Trinajstić information content (AvgIpc) is 2.22. The highest BCUT2D eigenvalue weighted by atomic mass is 35.5. The first-order valence-electron chi connectivity index (χ1n) is 2.80. The van der Waals surface area contributed by atoms with Crippen LogP contribution >= 0.6 is 12.4 Å². The maximum Gasteiger partial charge on any atom is 0.0716 e. The van der Waals surface area contributed by atoms with Gasteiger partial charge in [-0.05, 0) is 6.42 Å². The molecule has 0 aromatic carbocycles. The van der Waals surface area contributed by atoms with Crippen molar-refractivity contribution >= 4 is 12.4 Å². The van der Waals surface area contributed by atoms with Crippen LogP contribution in [0.15, 0.2) is 0 Å². The maximum atomic E-state index is 5.29. The van der Waals surface area contributed by atoms with E-state index in [1.54, 1.807) is 0 Å². The second-order valence-corrected chi connectivity index (χ2v) is 2.30. The largest absolute Gasteiger partial charge is 0.375 e. The molecular formula is C5H10ClNO. The quantitative estimate of drug-likeness (QED) is 0.511. The first kappa shape index (κ1) is 6.33. The lowest BCUT2D eigenvalue weighted by molar-refractivity contribution is 0.0892. The van der Waals surface area contributed by atoms with Crippen molar-refractivity contribution in [3.05, 3.63) is 0 Å². The van der Waals surface area contributed by atoms with E-state index in [4.69, 9.17) is 4.74 Å². The van der Waals surface area contributed by atoms with Crippen LogP contribution in [0.5, 0.6) is 0 Å². The van der Waals surface area contributed by atoms with Crippen LogP contribution < -0.4 is 5.32 Å². The van der Waals surface area contributed by atoms with E-state index in [1.165, 1.54) is 6.42 Å². The van der Waals surface area contributed by atoms with E-state index in [2.05, 4.69) is 5.32 Å². The topological polar surface area (TPSA) is 21.3 Å². The summed E-state index contributed by atoms with van der Waals surface area (Å²) in [6, 6.07) is 0.699. The fourth-order valence-electron chi connectivity index (χ4n) is 1.29. The van der Waals surface area contributed by atoms with Gasteiger partial charge in [-0.25, -0.2) is 0 Å². The summed E-state index contributed by atoms with van der Waals surface area (Å²) in [5.74, 6) is 0. The Labute approximate surface area is 55.0 Å². The summed E-state index contributed by atoms with van der Waals surface area (Å²) in [5.41, 5.74) is 0. The Morgan fingerprint density at radius 1 is 1.50 bits per heavy atom. The van der Waals surface area contributed by atoms with Crippen molar-refractivity contribution in [2.75, 3.05) is 13.2 Å². The first-order valence-corrected chi connectivity index (χ1v) is 2.80. The third-order valence-electron chi connectivity index (χ3n) is 1.71. The highest BCUT2D eigenvalue weighted by Gasteiger charge is 2.31. The molecule has 1 unspecified atom stereocenters. The summed E-state index contributed by atoms with van der Waals surface area (Å²) in [6.07, 6.45) is 1.81. The van der Waals surface area contributed by atoms with Crippen molar-refractivity contribution in [2.45, 2.75) is 18.6 Å². The Morgan fingerprint density at radius 3 is 2.50 bits per heavy atom. The van der Waals surface area contributed by atoms with Crippen LogP contribution in [0.3, 0.4) is 0 Å². The molecule has 0 amide bonds. The molecule has 2 rings (SSSR count). The summed E-state index contributed by atoms with van der Waals surface area (Å²) >= 11 is 0. The zero-order chi connectivity index (χ0) is 4.69. The number of ether oxygens (including phenoxy) is 1. The molecular weight excluding hydrogens is 126 g/mol. The highest BCUT2D eigenvalue weighted by molar-refractivity contribution is 5.85. The molecule has 0 spiro atoms. The number of hydrogen-bond acceptors (Lipinski definition) is 2. The van der Waals surface area contributed by atoms with Crippen LogP contribution in [0.2, 0.25) is 0 Å². The SMILES string of the molecule is C1N[C@H]2COC1C2.Cl. The van der Waals surface area contributed by atoms with Gasteiger partial charge in [-0.1, -0.05) is 0 Å². The Kier molecular flexibility index (Phi) is 1.75. The molecule has 2 fully saturated rings. The normalized spacial score (nSPS) is 42.0. The molecule has 2 aliphatic heterocycles. The molecule has 48 valence electrons. The van der Waals surface area contributed by atoms with Gasteiger partial charge in [-0.3, -0.25) is 0 Å². The first-order chi connectivity index (χ1) is 3.45. The molecule has 0 saturated carbocycles. The second kappa shape index (κ2) is 2.21. The van der Waals surface area contributed by atoms with Gasteiger partial charge in [0.1, 0.15) is 0 Å². The molecule has 2 atom stereocenters. The van der Waals surface area contributed by atoms with Crippen LogP contribution in [-0.4, -0.2) is 25.3 Å². The van der Waals surface area contributed by atoms with Gasteiger partial charge in [0.05, 0.1) is 12.7 Å². The number of morpholine rings is 1. The fraction of sp³-hybridized carbons (Fsp3) is 1.00. The zero-order valence-electron chi connectivity index (χ0n) is 4.59. The van der Waals surface area contributed by atoms with Crippen molar-refractivity contribution < 1.29 is 4.74 Å². The molecule has 2 aliphatic rings. The third kappa shape index (κ3) is 0.835. The maximum absolute atomic E-state index is 5.29. The van der Waals surface area contributed by atoms with Gasteiger partial charge in [0.25, 0.3) is 0 Å². The number of fused-ring (bicyclic) bond motifs is 2. The Bertz CT molecular complexity index is 70.5. The minimum Gasteiger partial charge on any atom is -0.375 e. The summed E-state index contributed by atoms with van der Waals surface area (Å²) in [7, 11) is 0. The van der Waals surface area contributed by atoms with Crippen LogP contribution in [0.1, 0.15) is 6.42 Å². The van der Waals surface area contributed by atoms with Crippen molar-refractivity contribution in [1.29, 1.82) is 0 Å². The summed E-state index contributed by atoms with van der Waals surface area (Å²) in [5, 5.41) is 3.33. The smallest absolute Gasteiger partial charge is 0.0716 e. The predicted octanol–water partition coefficient (Wildman–Crippen LogP) is 0.169. The number of nitrogens with one attached hydrogen (secondary N) is 1. The van der Waals surface area contributed by atoms with Gasteiger partial charge in [-0.2, -0.15) is 0 Å². The van der Waals surface area contributed by atoms with E-state index < -0.39 is 0 Å². The summed E-state index contributed by atoms with van der Waals surface area (Å²) in [6.45, 7) is 2.04. The molecule has 2 bridgehead atoms. The monoisotopic (exact) mass is 135 g/mol. The lowest BCUT2D eigenvalue weighted by Crippen LogP contribution is -2.30. The highest BCUT2D eigenvalue weighted by Crippen LogP contribution is 2.17. The van der Waals surface area contributed by atoms with Crippen molar-refractivity contribution in [3.8, 4) is 0 Å². The van der Waals surface area contributed by atoms with Crippen molar-refractivity contribution in [3.63, 3.8) is 0 Å².